The maximum absolute atomic E-state index is 13.0. The number of rotatable bonds is 3. The molecule has 1 saturated heterocycles. The maximum Gasteiger partial charge on any atom is 0.393 e. The standard InChI is InChI=1S/C12H20F3NO4S2/c13-12(14,15)10-3-1-2-4-11(10)16-22(19,20)9-5-7-21(17,18)8-6-9/h9-11,16H,1-8H2/t10-,11+/m1/s1. The van der Waals surface area contributed by atoms with Gasteiger partial charge in [0.25, 0.3) is 0 Å². The Morgan fingerprint density at radius 2 is 1.50 bits per heavy atom. The molecular weight excluding hydrogens is 343 g/mol. The van der Waals surface area contributed by atoms with E-state index in [4.69, 9.17) is 0 Å². The zero-order chi connectivity index (χ0) is 16.6. The molecular formula is C12H20F3NO4S2. The molecule has 2 rings (SSSR count). The lowest BCUT2D eigenvalue weighted by atomic mass is 9.85. The first-order valence-electron chi connectivity index (χ1n) is 7.29. The second kappa shape index (κ2) is 6.27. The molecule has 1 saturated carbocycles. The normalized spacial score (nSPS) is 31.0. The molecule has 1 N–H and O–H groups in total. The Balaban J connectivity index is 2.07. The molecule has 1 aliphatic heterocycles. The molecule has 1 heterocycles. The van der Waals surface area contributed by atoms with Crippen molar-refractivity contribution >= 4 is 19.9 Å². The third-order valence-corrected chi connectivity index (χ3v) is 8.14. The molecule has 5 nitrogen and oxygen atoms in total. The molecule has 22 heavy (non-hydrogen) atoms. The Morgan fingerprint density at radius 1 is 0.955 bits per heavy atom. The van der Waals surface area contributed by atoms with Gasteiger partial charge in [0.1, 0.15) is 9.84 Å². The molecule has 2 atom stereocenters. The van der Waals surface area contributed by atoms with E-state index in [1.165, 1.54) is 0 Å². The predicted octanol–water partition coefficient (Wildman–Crippen LogP) is 1.60. The fourth-order valence-corrected chi connectivity index (χ4v) is 6.69. The van der Waals surface area contributed by atoms with Crippen LogP contribution in [0.15, 0.2) is 0 Å². The minimum atomic E-state index is -4.43. The number of sulfonamides is 1. The summed E-state index contributed by atoms with van der Waals surface area (Å²) in [5, 5.41) is -0.924. The van der Waals surface area contributed by atoms with Crippen LogP contribution in [0.3, 0.4) is 0 Å². The first-order chi connectivity index (χ1) is 10.0. The number of alkyl halides is 3. The van der Waals surface area contributed by atoms with Gasteiger partial charge in [-0.25, -0.2) is 21.6 Å². The van der Waals surface area contributed by atoms with Gasteiger partial charge in [0, 0.05) is 6.04 Å². The van der Waals surface area contributed by atoms with Crippen molar-refractivity contribution in [2.75, 3.05) is 11.5 Å². The highest BCUT2D eigenvalue weighted by atomic mass is 32.2. The molecule has 0 amide bonds. The minimum Gasteiger partial charge on any atom is -0.229 e. The van der Waals surface area contributed by atoms with E-state index in [-0.39, 0.29) is 37.2 Å². The summed E-state index contributed by atoms with van der Waals surface area (Å²) in [7, 11) is -7.16. The minimum absolute atomic E-state index is 0.0545. The molecule has 2 fully saturated rings. The fourth-order valence-electron chi connectivity index (χ4n) is 3.15. The van der Waals surface area contributed by atoms with Crippen LogP contribution in [0.1, 0.15) is 38.5 Å². The molecule has 2 aliphatic rings. The maximum atomic E-state index is 13.0. The van der Waals surface area contributed by atoms with E-state index in [2.05, 4.69) is 4.72 Å². The van der Waals surface area contributed by atoms with Crippen LogP contribution < -0.4 is 4.72 Å². The summed E-state index contributed by atoms with van der Waals surface area (Å²) < 4.78 is 88.4. The van der Waals surface area contributed by atoms with Crippen molar-refractivity contribution in [3.63, 3.8) is 0 Å². The number of hydrogen-bond donors (Lipinski definition) is 1. The van der Waals surface area contributed by atoms with Crippen LogP contribution >= 0.6 is 0 Å². The largest absolute Gasteiger partial charge is 0.393 e. The van der Waals surface area contributed by atoms with Crippen LogP contribution in [0, 0.1) is 5.92 Å². The molecule has 0 unspecified atom stereocenters. The van der Waals surface area contributed by atoms with E-state index in [1.54, 1.807) is 0 Å². The van der Waals surface area contributed by atoms with Gasteiger partial charge in [0.2, 0.25) is 10.0 Å². The van der Waals surface area contributed by atoms with E-state index in [0.29, 0.717) is 12.8 Å². The lowest BCUT2D eigenvalue weighted by Crippen LogP contribution is -2.51. The van der Waals surface area contributed by atoms with Crippen LogP contribution in [-0.4, -0.2) is 45.8 Å². The summed E-state index contributed by atoms with van der Waals surface area (Å²) in [6.45, 7) is 0. The zero-order valence-corrected chi connectivity index (χ0v) is 13.6. The number of hydrogen-bond acceptors (Lipinski definition) is 4. The number of nitrogens with one attached hydrogen (secondary N) is 1. The van der Waals surface area contributed by atoms with E-state index >= 15 is 0 Å². The fraction of sp³-hybridized carbons (Fsp3) is 1.00. The van der Waals surface area contributed by atoms with Gasteiger partial charge >= 0.3 is 6.18 Å². The zero-order valence-electron chi connectivity index (χ0n) is 12.0. The lowest BCUT2D eigenvalue weighted by molar-refractivity contribution is -0.187. The highest BCUT2D eigenvalue weighted by Gasteiger charge is 2.47. The molecule has 0 spiro atoms. The summed E-state index contributed by atoms with van der Waals surface area (Å²) in [6, 6.07) is -1.14. The SMILES string of the molecule is O=S1(=O)CCC(S(=O)(=O)N[C@H]2CCCC[C@H]2C(F)(F)F)CC1. The van der Waals surface area contributed by atoms with Crippen molar-refractivity contribution in [2.45, 2.75) is 56.0 Å². The van der Waals surface area contributed by atoms with Gasteiger partial charge in [-0.3, -0.25) is 0 Å². The third kappa shape index (κ3) is 4.35. The average molecular weight is 363 g/mol. The van der Waals surface area contributed by atoms with E-state index in [0.717, 1.165) is 0 Å². The third-order valence-electron chi connectivity index (χ3n) is 4.44. The summed E-state index contributed by atoms with van der Waals surface area (Å²) >= 11 is 0. The summed E-state index contributed by atoms with van der Waals surface area (Å²) in [6.07, 6.45) is -3.46. The Hall–Kier alpha value is -0.350. The molecule has 0 radical (unpaired) electrons. The Labute approximate surface area is 128 Å². The van der Waals surface area contributed by atoms with Gasteiger partial charge in [0.05, 0.1) is 22.7 Å². The highest BCUT2D eigenvalue weighted by Crippen LogP contribution is 2.38. The topological polar surface area (TPSA) is 80.3 Å². The molecule has 0 bridgehead atoms. The van der Waals surface area contributed by atoms with Gasteiger partial charge < -0.3 is 0 Å². The van der Waals surface area contributed by atoms with E-state index < -0.39 is 43.2 Å². The first kappa shape index (κ1) is 18.0. The Morgan fingerprint density at radius 3 is 2.05 bits per heavy atom. The quantitative estimate of drug-likeness (QED) is 0.826. The Kier molecular flexibility index (Phi) is 5.13. The van der Waals surface area contributed by atoms with Crippen molar-refractivity contribution in [3.05, 3.63) is 0 Å². The number of halogens is 3. The van der Waals surface area contributed by atoms with E-state index in [9.17, 15) is 30.0 Å². The molecule has 0 aromatic carbocycles. The van der Waals surface area contributed by atoms with Crippen molar-refractivity contribution < 1.29 is 30.0 Å². The van der Waals surface area contributed by atoms with Gasteiger partial charge in [-0.1, -0.05) is 12.8 Å². The Bertz CT molecular complexity index is 586. The monoisotopic (exact) mass is 363 g/mol. The van der Waals surface area contributed by atoms with Crippen LogP contribution in [0.2, 0.25) is 0 Å². The summed E-state index contributed by atoms with van der Waals surface area (Å²) in [5.41, 5.74) is 0. The van der Waals surface area contributed by atoms with Crippen molar-refractivity contribution in [3.8, 4) is 0 Å². The molecule has 130 valence electrons. The second-order valence-electron chi connectivity index (χ2n) is 6.05. The summed E-state index contributed by atoms with van der Waals surface area (Å²) in [5.74, 6) is -2.12. The molecule has 10 heteroatoms. The van der Waals surface area contributed by atoms with Crippen LogP contribution in [0.5, 0.6) is 0 Å². The number of sulfone groups is 1. The predicted molar refractivity (Wildman–Crippen MR) is 75.5 cm³/mol. The second-order valence-corrected chi connectivity index (χ2v) is 10.3. The van der Waals surface area contributed by atoms with Crippen LogP contribution in [0.4, 0.5) is 13.2 Å². The first-order valence-corrected chi connectivity index (χ1v) is 10.7. The average Bonchev–Trinajstić information content (AvgIpc) is 2.37. The van der Waals surface area contributed by atoms with Crippen molar-refractivity contribution in [2.24, 2.45) is 5.92 Å². The lowest BCUT2D eigenvalue weighted by Gasteiger charge is -2.34. The van der Waals surface area contributed by atoms with Crippen molar-refractivity contribution in [1.82, 2.24) is 4.72 Å². The molecule has 1 aliphatic carbocycles. The van der Waals surface area contributed by atoms with Gasteiger partial charge in [-0.05, 0) is 25.7 Å². The highest BCUT2D eigenvalue weighted by molar-refractivity contribution is 7.92. The van der Waals surface area contributed by atoms with Crippen LogP contribution in [-0.2, 0) is 19.9 Å². The van der Waals surface area contributed by atoms with E-state index in [1.807, 2.05) is 0 Å². The van der Waals surface area contributed by atoms with Gasteiger partial charge in [-0.2, -0.15) is 13.2 Å². The van der Waals surface area contributed by atoms with Crippen LogP contribution in [0.25, 0.3) is 0 Å². The van der Waals surface area contributed by atoms with Crippen molar-refractivity contribution in [1.29, 1.82) is 0 Å². The molecule has 0 aromatic rings. The molecule has 0 aromatic heterocycles. The van der Waals surface area contributed by atoms with Gasteiger partial charge in [-0.15, -0.1) is 0 Å². The van der Waals surface area contributed by atoms with Gasteiger partial charge in [0.15, 0.2) is 0 Å². The summed E-state index contributed by atoms with van der Waals surface area (Å²) in [4.78, 5) is 0. The smallest absolute Gasteiger partial charge is 0.229 e.